The molecule has 0 radical (unpaired) electrons. The molecule has 0 heterocycles. The van der Waals surface area contributed by atoms with E-state index >= 15 is 0 Å². The van der Waals surface area contributed by atoms with Gasteiger partial charge in [0.25, 0.3) is 0 Å². The van der Waals surface area contributed by atoms with Crippen LogP contribution in [-0.4, -0.2) is 10.5 Å². The predicted octanol–water partition coefficient (Wildman–Crippen LogP) is 3.62. The van der Waals surface area contributed by atoms with Crippen molar-refractivity contribution in [3.63, 3.8) is 0 Å². The van der Waals surface area contributed by atoms with Crippen LogP contribution in [0.1, 0.15) is 27.7 Å². The van der Waals surface area contributed by atoms with E-state index in [1.54, 1.807) is 12.1 Å². The summed E-state index contributed by atoms with van der Waals surface area (Å²) in [7, 11) is 0. The van der Waals surface area contributed by atoms with Gasteiger partial charge in [0.2, 0.25) is 0 Å². The lowest BCUT2D eigenvalue weighted by atomic mass is 9.91. The third-order valence-electron chi connectivity index (χ3n) is 2.23. The van der Waals surface area contributed by atoms with Gasteiger partial charge in [-0.1, -0.05) is 0 Å². The van der Waals surface area contributed by atoms with Gasteiger partial charge in [-0.15, -0.1) is 0 Å². The second-order valence-corrected chi connectivity index (χ2v) is 4.51. The molecule has 0 aromatic heterocycles. The van der Waals surface area contributed by atoms with E-state index in [4.69, 9.17) is 0 Å². The average Bonchev–Trinajstić information content (AvgIpc) is 2.15. The molecule has 0 aliphatic heterocycles. The number of halogens is 1. The summed E-state index contributed by atoms with van der Waals surface area (Å²) in [4.78, 5) is 4.11. The van der Waals surface area contributed by atoms with Crippen molar-refractivity contribution in [3.8, 4) is 0 Å². The summed E-state index contributed by atoms with van der Waals surface area (Å²) in [5.74, 6) is -0.259. The second kappa shape index (κ2) is 4.37. The Hall–Kier alpha value is -1.47. The van der Waals surface area contributed by atoms with Gasteiger partial charge in [0.15, 0.2) is 0 Å². The van der Waals surface area contributed by atoms with Crippen LogP contribution in [0.15, 0.2) is 29.4 Å². The Labute approximate surface area is 89.6 Å². The number of nitrogens with zero attached hydrogens (tertiary/aromatic N) is 2. The Kier molecular flexibility index (Phi) is 3.38. The zero-order valence-electron chi connectivity index (χ0n) is 9.58. The molecular formula is C12H16FN2+. The molecule has 0 amide bonds. The van der Waals surface area contributed by atoms with Crippen LogP contribution in [0.5, 0.6) is 0 Å². The highest BCUT2D eigenvalue weighted by Gasteiger charge is 2.23. The van der Waals surface area contributed by atoms with E-state index in [0.29, 0.717) is 5.69 Å². The maximum absolute atomic E-state index is 12.6. The number of rotatable bonds is 1. The first-order valence-corrected chi connectivity index (χ1v) is 4.91. The van der Waals surface area contributed by atoms with Crippen LogP contribution < -0.4 is 0 Å². The molecule has 0 fully saturated rings. The highest BCUT2D eigenvalue weighted by molar-refractivity contribution is 5.81. The average molecular weight is 207 g/mol. The zero-order chi connectivity index (χ0) is 11.5. The SMILES string of the molecule is CC(=[N+]=Nc1ccc(F)cc1)C(C)(C)C. The van der Waals surface area contributed by atoms with Gasteiger partial charge in [0.05, 0.1) is 10.2 Å². The van der Waals surface area contributed by atoms with Crippen molar-refractivity contribution in [1.82, 2.24) is 0 Å². The predicted molar refractivity (Wildman–Crippen MR) is 58.9 cm³/mol. The van der Waals surface area contributed by atoms with E-state index in [1.807, 2.05) is 6.92 Å². The maximum atomic E-state index is 12.6. The fourth-order valence-corrected chi connectivity index (χ4v) is 0.790. The number of hydrogen-bond donors (Lipinski definition) is 0. The number of hydrogen-bond acceptors (Lipinski definition) is 1. The molecule has 0 N–H and O–H groups in total. The smallest absolute Gasteiger partial charge is 0.207 e. The lowest BCUT2D eigenvalue weighted by molar-refractivity contribution is -0.0875. The Morgan fingerprint density at radius 2 is 1.73 bits per heavy atom. The van der Waals surface area contributed by atoms with Crippen LogP contribution in [0.2, 0.25) is 0 Å². The van der Waals surface area contributed by atoms with Crippen molar-refractivity contribution in [3.05, 3.63) is 30.1 Å². The molecule has 0 saturated heterocycles. The van der Waals surface area contributed by atoms with Gasteiger partial charge in [-0.05, 0) is 45.0 Å². The van der Waals surface area contributed by atoms with Crippen LogP contribution in [0.3, 0.4) is 0 Å². The van der Waals surface area contributed by atoms with Crippen LogP contribution in [0.4, 0.5) is 10.1 Å². The highest BCUT2D eigenvalue weighted by Crippen LogP contribution is 2.14. The quantitative estimate of drug-likeness (QED) is 0.382. The minimum atomic E-state index is -0.259. The van der Waals surface area contributed by atoms with Gasteiger partial charge in [0.1, 0.15) is 16.6 Å². The summed E-state index contributed by atoms with van der Waals surface area (Å²) in [5.41, 5.74) is 1.63. The molecule has 0 saturated carbocycles. The Morgan fingerprint density at radius 3 is 2.20 bits per heavy atom. The molecule has 0 atom stereocenters. The van der Waals surface area contributed by atoms with Crippen LogP contribution >= 0.6 is 0 Å². The van der Waals surface area contributed by atoms with Crippen LogP contribution in [0.25, 0.3) is 0 Å². The largest absolute Gasteiger partial charge is 0.321 e. The van der Waals surface area contributed by atoms with E-state index in [0.717, 1.165) is 5.71 Å². The Morgan fingerprint density at radius 1 is 1.20 bits per heavy atom. The van der Waals surface area contributed by atoms with E-state index in [1.165, 1.54) is 12.1 Å². The lowest BCUT2D eigenvalue weighted by Crippen LogP contribution is -2.17. The molecule has 0 bridgehead atoms. The van der Waals surface area contributed by atoms with Gasteiger partial charge in [0, 0.05) is 6.92 Å². The summed E-state index contributed by atoms with van der Waals surface area (Å²) in [6, 6.07) is 5.96. The molecule has 0 aliphatic rings. The van der Waals surface area contributed by atoms with Crippen molar-refractivity contribution in [1.29, 1.82) is 0 Å². The Bertz CT molecular complexity index is 393. The van der Waals surface area contributed by atoms with Crippen LogP contribution in [-0.2, 0) is 0 Å². The summed E-state index contributed by atoms with van der Waals surface area (Å²) >= 11 is 0. The molecule has 80 valence electrons. The molecule has 1 aromatic carbocycles. The zero-order valence-corrected chi connectivity index (χ0v) is 9.58. The molecule has 0 unspecified atom stereocenters. The van der Waals surface area contributed by atoms with Gasteiger partial charge < -0.3 is 0 Å². The molecule has 1 aromatic rings. The monoisotopic (exact) mass is 207 g/mol. The van der Waals surface area contributed by atoms with Crippen molar-refractivity contribution >= 4 is 11.4 Å². The summed E-state index contributed by atoms with van der Waals surface area (Å²) in [6.45, 7) is 8.16. The van der Waals surface area contributed by atoms with Crippen LogP contribution in [0, 0.1) is 11.2 Å². The van der Waals surface area contributed by atoms with Gasteiger partial charge in [-0.2, -0.15) is 0 Å². The summed E-state index contributed by atoms with van der Waals surface area (Å²) in [6.07, 6.45) is 0. The fraction of sp³-hybridized carbons (Fsp3) is 0.417. The standard InChI is InChI=1S/C12H16FN2/c1-9(12(2,3)4)14-15-11-7-5-10(13)6-8-11/h5-8H,1-4H3/q+1. The molecule has 0 aliphatic carbocycles. The van der Waals surface area contributed by atoms with E-state index in [2.05, 4.69) is 30.7 Å². The topological polar surface area (TPSA) is 26.5 Å². The molecule has 0 spiro atoms. The summed E-state index contributed by atoms with van der Waals surface area (Å²) < 4.78 is 12.6. The molecule has 1 rings (SSSR count). The molecule has 3 heteroatoms. The summed E-state index contributed by atoms with van der Waals surface area (Å²) in [5, 5.41) is 4.04. The molecule has 2 nitrogen and oxygen atoms in total. The minimum Gasteiger partial charge on any atom is -0.207 e. The second-order valence-electron chi connectivity index (χ2n) is 4.51. The Balaban J connectivity index is 2.95. The van der Waals surface area contributed by atoms with Crippen molar-refractivity contribution in [2.75, 3.05) is 0 Å². The number of benzene rings is 1. The van der Waals surface area contributed by atoms with E-state index in [9.17, 15) is 4.39 Å². The first-order valence-electron chi connectivity index (χ1n) is 4.91. The fourth-order valence-electron chi connectivity index (χ4n) is 0.790. The van der Waals surface area contributed by atoms with Crippen molar-refractivity contribution < 1.29 is 9.18 Å². The van der Waals surface area contributed by atoms with Crippen molar-refractivity contribution in [2.24, 2.45) is 10.5 Å². The first-order chi connectivity index (χ1) is 6.89. The van der Waals surface area contributed by atoms with Gasteiger partial charge in [-0.25, -0.2) is 4.39 Å². The van der Waals surface area contributed by atoms with Gasteiger partial charge >= 0.3 is 5.71 Å². The maximum Gasteiger partial charge on any atom is 0.321 e. The van der Waals surface area contributed by atoms with E-state index < -0.39 is 0 Å². The third kappa shape index (κ3) is 3.64. The molecule has 15 heavy (non-hydrogen) atoms. The van der Waals surface area contributed by atoms with Gasteiger partial charge in [-0.3, -0.25) is 0 Å². The molecular weight excluding hydrogens is 191 g/mol. The third-order valence-corrected chi connectivity index (χ3v) is 2.23. The van der Waals surface area contributed by atoms with Crippen molar-refractivity contribution in [2.45, 2.75) is 27.7 Å². The highest BCUT2D eigenvalue weighted by atomic mass is 19.1. The lowest BCUT2D eigenvalue weighted by Gasteiger charge is -2.05. The first kappa shape index (κ1) is 11.6. The minimum absolute atomic E-state index is 0.0174. The van der Waals surface area contributed by atoms with E-state index in [-0.39, 0.29) is 11.2 Å². The normalized spacial score (nSPS) is 10.7.